The molecular formula is C24H30N4O2. The average Bonchev–Trinajstić information content (AvgIpc) is 3.16. The van der Waals surface area contributed by atoms with Crippen molar-refractivity contribution in [2.75, 3.05) is 45.2 Å². The molecule has 4 rings (SSSR count). The first-order chi connectivity index (χ1) is 14.6. The standard InChI is InChI=1S/C24H30N4O2/c1-25(2)18-19-30-23-12-10-22(11-13-23)28-17-16-27(24(28)29)21-8-6-20(7-9-21)26-14-4-3-5-15-26/h6-13,16-17H,3-5,14-15,18-19H2,1-2H3. The summed E-state index contributed by atoms with van der Waals surface area (Å²) in [6.45, 7) is 3.73. The molecule has 0 atom stereocenters. The molecule has 3 aromatic rings. The van der Waals surface area contributed by atoms with E-state index in [4.69, 9.17) is 4.74 Å². The van der Waals surface area contributed by atoms with Crippen molar-refractivity contribution in [2.45, 2.75) is 19.3 Å². The van der Waals surface area contributed by atoms with Gasteiger partial charge in [0.1, 0.15) is 12.4 Å². The molecule has 2 aromatic carbocycles. The summed E-state index contributed by atoms with van der Waals surface area (Å²) in [5.74, 6) is 0.807. The normalized spacial score (nSPS) is 14.3. The lowest BCUT2D eigenvalue weighted by molar-refractivity contribution is 0.261. The van der Waals surface area contributed by atoms with Gasteiger partial charge in [-0.1, -0.05) is 0 Å². The van der Waals surface area contributed by atoms with Crippen molar-refractivity contribution in [3.05, 3.63) is 71.4 Å². The van der Waals surface area contributed by atoms with Crippen molar-refractivity contribution in [3.8, 4) is 17.1 Å². The van der Waals surface area contributed by atoms with Crippen LogP contribution >= 0.6 is 0 Å². The molecule has 1 fully saturated rings. The zero-order valence-electron chi connectivity index (χ0n) is 17.8. The molecule has 0 saturated carbocycles. The van der Waals surface area contributed by atoms with Crippen LogP contribution in [-0.4, -0.2) is 54.4 Å². The lowest BCUT2D eigenvalue weighted by Gasteiger charge is -2.28. The SMILES string of the molecule is CN(C)CCOc1ccc(-n2ccn(-c3ccc(N4CCCCC4)cc3)c2=O)cc1. The molecule has 0 spiro atoms. The first kappa shape index (κ1) is 20.3. The highest BCUT2D eigenvalue weighted by molar-refractivity contribution is 5.51. The van der Waals surface area contributed by atoms with Crippen LogP contribution in [0, 0.1) is 0 Å². The van der Waals surface area contributed by atoms with Crippen LogP contribution in [0.5, 0.6) is 5.75 Å². The molecular weight excluding hydrogens is 376 g/mol. The number of nitrogens with zero attached hydrogens (tertiary/aromatic N) is 4. The van der Waals surface area contributed by atoms with E-state index in [9.17, 15) is 4.79 Å². The highest BCUT2D eigenvalue weighted by Gasteiger charge is 2.12. The number of hydrogen-bond acceptors (Lipinski definition) is 4. The molecule has 30 heavy (non-hydrogen) atoms. The van der Waals surface area contributed by atoms with E-state index in [2.05, 4.69) is 21.9 Å². The molecule has 1 saturated heterocycles. The Morgan fingerprint density at radius 1 is 0.800 bits per heavy atom. The minimum Gasteiger partial charge on any atom is -0.492 e. The Hall–Kier alpha value is -2.99. The molecule has 0 bridgehead atoms. The van der Waals surface area contributed by atoms with E-state index in [0.717, 1.165) is 36.8 Å². The molecule has 6 heteroatoms. The van der Waals surface area contributed by atoms with Crippen LogP contribution in [0.15, 0.2) is 65.7 Å². The number of imidazole rings is 1. The van der Waals surface area contributed by atoms with E-state index in [0.29, 0.717) is 6.61 Å². The van der Waals surface area contributed by atoms with Gasteiger partial charge in [-0.2, -0.15) is 0 Å². The van der Waals surface area contributed by atoms with Crippen molar-refractivity contribution < 1.29 is 4.74 Å². The topological polar surface area (TPSA) is 42.6 Å². The molecule has 0 N–H and O–H groups in total. The molecule has 1 aliphatic heterocycles. The molecule has 6 nitrogen and oxygen atoms in total. The van der Waals surface area contributed by atoms with Crippen molar-refractivity contribution >= 4 is 5.69 Å². The van der Waals surface area contributed by atoms with Crippen LogP contribution in [0.4, 0.5) is 5.69 Å². The van der Waals surface area contributed by atoms with Crippen LogP contribution in [0.25, 0.3) is 11.4 Å². The van der Waals surface area contributed by atoms with E-state index >= 15 is 0 Å². The van der Waals surface area contributed by atoms with E-state index < -0.39 is 0 Å². The maximum atomic E-state index is 13.0. The molecule has 0 unspecified atom stereocenters. The van der Waals surface area contributed by atoms with Crippen molar-refractivity contribution in [3.63, 3.8) is 0 Å². The zero-order chi connectivity index (χ0) is 20.9. The molecule has 0 aliphatic carbocycles. The average molecular weight is 407 g/mol. The second kappa shape index (κ2) is 9.22. The number of likely N-dealkylation sites (N-methyl/N-ethyl adjacent to an activating group) is 1. The molecule has 2 heterocycles. The number of benzene rings is 2. The number of anilines is 1. The van der Waals surface area contributed by atoms with E-state index in [1.807, 2.05) is 62.9 Å². The monoisotopic (exact) mass is 406 g/mol. The zero-order valence-corrected chi connectivity index (χ0v) is 17.8. The highest BCUT2D eigenvalue weighted by atomic mass is 16.5. The Morgan fingerprint density at radius 3 is 1.90 bits per heavy atom. The first-order valence-corrected chi connectivity index (χ1v) is 10.7. The minimum absolute atomic E-state index is 0.0815. The second-order valence-corrected chi connectivity index (χ2v) is 8.03. The van der Waals surface area contributed by atoms with Gasteiger partial charge in [0.25, 0.3) is 0 Å². The Bertz CT molecular complexity index is 997. The van der Waals surface area contributed by atoms with Crippen molar-refractivity contribution in [1.82, 2.24) is 14.0 Å². The summed E-state index contributed by atoms with van der Waals surface area (Å²) in [5, 5.41) is 0. The van der Waals surface area contributed by atoms with Gasteiger partial charge in [-0.05, 0) is 81.9 Å². The Labute approximate surface area is 177 Å². The van der Waals surface area contributed by atoms with Gasteiger partial charge in [0.15, 0.2) is 0 Å². The van der Waals surface area contributed by atoms with Gasteiger partial charge in [0, 0.05) is 37.7 Å². The van der Waals surface area contributed by atoms with Gasteiger partial charge in [0.2, 0.25) is 0 Å². The number of piperidine rings is 1. The van der Waals surface area contributed by atoms with Crippen molar-refractivity contribution in [1.29, 1.82) is 0 Å². The maximum absolute atomic E-state index is 13.0. The van der Waals surface area contributed by atoms with E-state index in [1.165, 1.54) is 24.9 Å². The van der Waals surface area contributed by atoms with Gasteiger partial charge in [0.05, 0.1) is 11.4 Å². The maximum Gasteiger partial charge on any atom is 0.337 e. The van der Waals surface area contributed by atoms with Gasteiger partial charge < -0.3 is 14.5 Å². The second-order valence-electron chi connectivity index (χ2n) is 8.03. The smallest absolute Gasteiger partial charge is 0.337 e. The van der Waals surface area contributed by atoms with Crippen LogP contribution in [0.2, 0.25) is 0 Å². The van der Waals surface area contributed by atoms with Gasteiger partial charge in [-0.15, -0.1) is 0 Å². The lowest BCUT2D eigenvalue weighted by atomic mass is 10.1. The third kappa shape index (κ3) is 4.60. The Morgan fingerprint density at radius 2 is 1.33 bits per heavy atom. The summed E-state index contributed by atoms with van der Waals surface area (Å²) in [5.41, 5.74) is 2.85. The third-order valence-corrected chi connectivity index (χ3v) is 5.55. The van der Waals surface area contributed by atoms with Crippen LogP contribution in [0.3, 0.4) is 0 Å². The Kier molecular flexibility index (Phi) is 6.23. The summed E-state index contributed by atoms with van der Waals surface area (Å²) >= 11 is 0. The van der Waals surface area contributed by atoms with Crippen LogP contribution in [-0.2, 0) is 0 Å². The number of hydrogen-bond donors (Lipinski definition) is 0. The van der Waals surface area contributed by atoms with Gasteiger partial charge >= 0.3 is 5.69 Å². The summed E-state index contributed by atoms with van der Waals surface area (Å²) in [4.78, 5) is 17.5. The molecule has 1 aliphatic rings. The van der Waals surface area contributed by atoms with Gasteiger partial charge in [-0.25, -0.2) is 4.79 Å². The summed E-state index contributed by atoms with van der Waals surface area (Å²) < 4.78 is 9.07. The predicted molar refractivity (Wildman–Crippen MR) is 121 cm³/mol. The fourth-order valence-electron chi connectivity index (χ4n) is 3.80. The number of aromatic nitrogens is 2. The van der Waals surface area contributed by atoms with Gasteiger partial charge in [-0.3, -0.25) is 9.13 Å². The summed E-state index contributed by atoms with van der Waals surface area (Å²) in [6, 6.07) is 15.9. The third-order valence-electron chi connectivity index (χ3n) is 5.55. The number of ether oxygens (including phenoxy) is 1. The van der Waals surface area contributed by atoms with E-state index in [-0.39, 0.29) is 5.69 Å². The van der Waals surface area contributed by atoms with E-state index in [1.54, 1.807) is 9.13 Å². The molecule has 1 aromatic heterocycles. The lowest BCUT2D eigenvalue weighted by Crippen LogP contribution is -2.29. The van der Waals surface area contributed by atoms with Crippen LogP contribution in [0.1, 0.15) is 19.3 Å². The molecule has 158 valence electrons. The fraction of sp³-hybridized carbons (Fsp3) is 0.375. The summed E-state index contributed by atoms with van der Waals surface area (Å²) in [6.07, 6.45) is 7.45. The fourth-order valence-corrected chi connectivity index (χ4v) is 3.80. The predicted octanol–water partition coefficient (Wildman–Crippen LogP) is 3.56. The summed E-state index contributed by atoms with van der Waals surface area (Å²) in [7, 11) is 4.04. The minimum atomic E-state index is -0.0815. The highest BCUT2D eigenvalue weighted by Crippen LogP contribution is 2.21. The van der Waals surface area contributed by atoms with Crippen LogP contribution < -0.4 is 15.3 Å². The quantitative estimate of drug-likeness (QED) is 0.602. The van der Waals surface area contributed by atoms with Crippen molar-refractivity contribution in [2.24, 2.45) is 0 Å². The number of rotatable bonds is 7. The largest absolute Gasteiger partial charge is 0.492 e. The molecule has 0 amide bonds. The Balaban J connectivity index is 1.47. The molecule has 0 radical (unpaired) electrons. The first-order valence-electron chi connectivity index (χ1n) is 10.7.